The van der Waals surface area contributed by atoms with E-state index in [1.807, 2.05) is 12.1 Å². The number of halogens is 1. The molecule has 0 saturated carbocycles. The first-order valence-corrected chi connectivity index (χ1v) is 6.65. The lowest BCUT2D eigenvalue weighted by Crippen LogP contribution is -2.45. The summed E-state index contributed by atoms with van der Waals surface area (Å²) >= 11 is 0. The van der Waals surface area contributed by atoms with Gasteiger partial charge in [-0.25, -0.2) is 4.39 Å². The largest absolute Gasteiger partial charge is 0.493 e. The molecule has 0 aromatic heterocycles. The molecular formula is C14H19FN2O. The highest BCUT2D eigenvalue weighted by atomic mass is 19.1. The van der Waals surface area contributed by atoms with Crippen molar-refractivity contribution < 1.29 is 9.13 Å². The SMILES string of the molecule is FC[C@@H](c1ccc2c(c1)CCO2)N1CCNCC1. The van der Waals surface area contributed by atoms with Crippen LogP contribution in [0.5, 0.6) is 5.75 Å². The van der Waals surface area contributed by atoms with Crippen LogP contribution < -0.4 is 10.1 Å². The maximum atomic E-state index is 13.4. The van der Waals surface area contributed by atoms with E-state index in [1.54, 1.807) is 0 Å². The lowest BCUT2D eigenvalue weighted by Gasteiger charge is -2.33. The summed E-state index contributed by atoms with van der Waals surface area (Å²) in [5, 5.41) is 3.30. The molecule has 0 aliphatic carbocycles. The van der Waals surface area contributed by atoms with Crippen LogP contribution >= 0.6 is 0 Å². The zero-order chi connectivity index (χ0) is 12.4. The lowest BCUT2D eigenvalue weighted by molar-refractivity contribution is 0.147. The van der Waals surface area contributed by atoms with Crippen molar-refractivity contribution in [1.82, 2.24) is 10.2 Å². The Balaban J connectivity index is 1.82. The first kappa shape index (κ1) is 11.9. The van der Waals surface area contributed by atoms with Gasteiger partial charge in [-0.2, -0.15) is 0 Å². The molecule has 1 aromatic carbocycles. The average molecular weight is 250 g/mol. The quantitative estimate of drug-likeness (QED) is 0.880. The minimum absolute atomic E-state index is 0.0991. The molecule has 2 heterocycles. The van der Waals surface area contributed by atoms with Gasteiger partial charge in [0, 0.05) is 32.6 Å². The fourth-order valence-corrected chi connectivity index (χ4v) is 2.81. The predicted molar refractivity (Wildman–Crippen MR) is 68.8 cm³/mol. The number of ether oxygens (including phenoxy) is 1. The maximum Gasteiger partial charge on any atom is 0.122 e. The molecule has 0 amide bonds. The monoisotopic (exact) mass is 250 g/mol. The Bertz CT molecular complexity index is 418. The first-order valence-electron chi connectivity index (χ1n) is 6.65. The van der Waals surface area contributed by atoms with Crippen molar-refractivity contribution in [2.24, 2.45) is 0 Å². The molecule has 2 aliphatic heterocycles. The molecule has 2 aliphatic rings. The summed E-state index contributed by atoms with van der Waals surface area (Å²) in [7, 11) is 0. The maximum absolute atomic E-state index is 13.4. The molecule has 0 unspecified atom stereocenters. The number of hydrogen-bond donors (Lipinski definition) is 1. The van der Waals surface area contributed by atoms with Crippen LogP contribution in [-0.2, 0) is 6.42 Å². The van der Waals surface area contributed by atoms with E-state index < -0.39 is 0 Å². The topological polar surface area (TPSA) is 24.5 Å². The van der Waals surface area contributed by atoms with E-state index in [0.29, 0.717) is 0 Å². The van der Waals surface area contributed by atoms with Gasteiger partial charge < -0.3 is 10.1 Å². The standard InChI is InChI=1S/C14H19FN2O/c15-10-13(17-6-4-16-5-7-17)11-1-2-14-12(9-11)3-8-18-14/h1-2,9,13,16H,3-8,10H2/t13-/m0/s1. The van der Waals surface area contributed by atoms with E-state index in [-0.39, 0.29) is 12.7 Å². The number of rotatable bonds is 3. The van der Waals surface area contributed by atoms with Gasteiger partial charge in [-0.1, -0.05) is 12.1 Å². The summed E-state index contributed by atoms with van der Waals surface area (Å²) in [6, 6.07) is 6.02. The minimum Gasteiger partial charge on any atom is -0.493 e. The van der Waals surface area contributed by atoms with Crippen LogP contribution in [0, 0.1) is 0 Å². The molecule has 1 aromatic rings. The Hall–Kier alpha value is -1.13. The van der Waals surface area contributed by atoms with E-state index in [4.69, 9.17) is 4.74 Å². The molecule has 0 spiro atoms. The number of hydrogen-bond acceptors (Lipinski definition) is 3. The number of fused-ring (bicyclic) bond motifs is 1. The van der Waals surface area contributed by atoms with Crippen LogP contribution in [0.1, 0.15) is 17.2 Å². The normalized spacial score (nSPS) is 21.4. The van der Waals surface area contributed by atoms with Crippen molar-refractivity contribution in [3.8, 4) is 5.75 Å². The molecule has 0 radical (unpaired) electrons. The van der Waals surface area contributed by atoms with Gasteiger partial charge in [0.2, 0.25) is 0 Å². The van der Waals surface area contributed by atoms with Crippen molar-refractivity contribution in [2.75, 3.05) is 39.5 Å². The molecule has 98 valence electrons. The molecule has 0 bridgehead atoms. The van der Waals surface area contributed by atoms with Gasteiger partial charge in [0.05, 0.1) is 12.6 Å². The Morgan fingerprint density at radius 1 is 1.33 bits per heavy atom. The van der Waals surface area contributed by atoms with Crippen LogP contribution in [0.4, 0.5) is 4.39 Å². The van der Waals surface area contributed by atoms with E-state index in [1.165, 1.54) is 5.56 Å². The number of benzene rings is 1. The third-order valence-electron chi connectivity index (χ3n) is 3.84. The zero-order valence-electron chi connectivity index (χ0n) is 10.5. The van der Waals surface area contributed by atoms with Crippen molar-refractivity contribution in [3.05, 3.63) is 29.3 Å². The molecule has 3 rings (SSSR count). The second-order valence-corrected chi connectivity index (χ2v) is 4.92. The summed E-state index contributed by atoms with van der Waals surface area (Å²) < 4.78 is 18.9. The Morgan fingerprint density at radius 2 is 2.17 bits per heavy atom. The molecule has 4 heteroatoms. The summed E-state index contributed by atoms with van der Waals surface area (Å²) in [4.78, 5) is 2.23. The first-order chi connectivity index (χ1) is 8.88. The van der Waals surface area contributed by atoms with Crippen molar-refractivity contribution in [2.45, 2.75) is 12.5 Å². The second-order valence-electron chi connectivity index (χ2n) is 4.92. The minimum atomic E-state index is -0.320. The summed E-state index contributed by atoms with van der Waals surface area (Å²) in [5.41, 5.74) is 2.31. The summed E-state index contributed by atoms with van der Waals surface area (Å²) in [6.45, 7) is 4.17. The van der Waals surface area contributed by atoms with Crippen LogP contribution in [0.3, 0.4) is 0 Å². The van der Waals surface area contributed by atoms with E-state index in [9.17, 15) is 4.39 Å². The molecule has 18 heavy (non-hydrogen) atoms. The Labute approximate surface area is 107 Å². The highest BCUT2D eigenvalue weighted by Crippen LogP contribution is 2.30. The van der Waals surface area contributed by atoms with Crippen LogP contribution in [0.2, 0.25) is 0 Å². The second kappa shape index (κ2) is 5.24. The number of nitrogens with zero attached hydrogens (tertiary/aromatic N) is 1. The van der Waals surface area contributed by atoms with Crippen LogP contribution in [0.25, 0.3) is 0 Å². The Morgan fingerprint density at radius 3 is 2.94 bits per heavy atom. The smallest absolute Gasteiger partial charge is 0.122 e. The van der Waals surface area contributed by atoms with Gasteiger partial charge in [-0.05, 0) is 17.2 Å². The zero-order valence-corrected chi connectivity index (χ0v) is 10.5. The van der Waals surface area contributed by atoms with E-state index >= 15 is 0 Å². The van der Waals surface area contributed by atoms with Gasteiger partial charge in [0.25, 0.3) is 0 Å². The number of nitrogens with one attached hydrogen (secondary N) is 1. The fraction of sp³-hybridized carbons (Fsp3) is 0.571. The molecule has 3 nitrogen and oxygen atoms in total. The van der Waals surface area contributed by atoms with Crippen LogP contribution in [-0.4, -0.2) is 44.4 Å². The van der Waals surface area contributed by atoms with Crippen molar-refractivity contribution in [1.29, 1.82) is 0 Å². The molecule has 1 N–H and O–H groups in total. The highest BCUT2D eigenvalue weighted by Gasteiger charge is 2.23. The summed E-state index contributed by atoms with van der Waals surface area (Å²) in [6.07, 6.45) is 0.948. The fourth-order valence-electron chi connectivity index (χ4n) is 2.81. The predicted octanol–water partition coefficient (Wildman–Crippen LogP) is 1.54. The average Bonchev–Trinajstić information content (AvgIpc) is 2.88. The molecular weight excluding hydrogens is 231 g/mol. The van der Waals surface area contributed by atoms with Crippen molar-refractivity contribution >= 4 is 0 Å². The van der Waals surface area contributed by atoms with Crippen molar-refractivity contribution in [3.63, 3.8) is 0 Å². The molecule has 1 saturated heterocycles. The van der Waals surface area contributed by atoms with E-state index in [0.717, 1.165) is 50.5 Å². The summed E-state index contributed by atoms with van der Waals surface area (Å²) in [5.74, 6) is 0.969. The van der Waals surface area contributed by atoms with Gasteiger partial charge in [0.1, 0.15) is 12.4 Å². The third-order valence-corrected chi connectivity index (χ3v) is 3.84. The Kier molecular flexibility index (Phi) is 3.48. The van der Waals surface area contributed by atoms with Gasteiger partial charge in [-0.15, -0.1) is 0 Å². The van der Waals surface area contributed by atoms with Crippen LogP contribution in [0.15, 0.2) is 18.2 Å². The van der Waals surface area contributed by atoms with Gasteiger partial charge in [-0.3, -0.25) is 4.90 Å². The molecule has 1 atom stereocenters. The third kappa shape index (κ3) is 2.22. The highest BCUT2D eigenvalue weighted by molar-refractivity contribution is 5.40. The lowest BCUT2D eigenvalue weighted by atomic mass is 10.0. The number of piperazine rings is 1. The molecule has 1 fully saturated rings. The van der Waals surface area contributed by atoms with E-state index in [2.05, 4.69) is 16.3 Å². The van der Waals surface area contributed by atoms with Gasteiger partial charge >= 0.3 is 0 Å². The number of alkyl halides is 1. The van der Waals surface area contributed by atoms with Gasteiger partial charge in [0.15, 0.2) is 0 Å².